The summed E-state index contributed by atoms with van der Waals surface area (Å²) in [5.74, 6) is 0. The van der Waals surface area contributed by atoms with Gasteiger partial charge >= 0.3 is 0 Å². The standard InChI is InChI=1S/C15H20N4/c1-3-19(11-13-6-4-5-9-17-13)14-7-8-15(12(2)16)18-10-14/h4-10,12H,3,11,16H2,1-2H3/t12-/m1/s1. The first-order valence-electron chi connectivity index (χ1n) is 6.57. The first-order valence-corrected chi connectivity index (χ1v) is 6.57. The molecule has 0 bridgehead atoms. The van der Waals surface area contributed by atoms with Crippen LogP contribution in [0.5, 0.6) is 0 Å². The van der Waals surface area contributed by atoms with Gasteiger partial charge in [-0.05, 0) is 38.1 Å². The van der Waals surface area contributed by atoms with Crippen LogP contribution in [0.4, 0.5) is 5.69 Å². The van der Waals surface area contributed by atoms with E-state index in [-0.39, 0.29) is 6.04 Å². The minimum absolute atomic E-state index is 0.0279. The zero-order valence-corrected chi connectivity index (χ0v) is 11.5. The van der Waals surface area contributed by atoms with Crippen molar-refractivity contribution in [3.63, 3.8) is 0 Å². The highest BCUT2D eigenvalue weighted by Gasteiger charge is 2.07. The number of hydrogen-bond acceptors (Lipinski definition) is 4. The Morgan fingerprint density at radius 3 is 2.58 bits per heavy atom. The van der Waals surface area contributed by atoms with Crippen LogP contribution in [0.2, 0.25) is 0 Å². The predicted octanol–water partition coefficient (Wildman–Crippen LogP) is 2.52. The van der Waals surface area contributed by atoms with Crippen molar-refractivity contribution in [2.45, 2.75) is 26.4 Å². The molecule has 0 unspecified atom stereocenters. The van der Waals surface area contributed by atoms with Gasteiger partial charge in [0.05, 0.1) is 29.8 Å². The van der Waals surface area contributed by atoms with Crippen molar-refractivity contribution in [1.82, 2.24) is 9.97 Å². The molecule has 0 aliphatic carbocycles. The molecule has 19 heavy (non-hydrogen) atoms. The van der Waals surface area contributed by atoms with Crippen molar-refractivity contribution in [2.75, 3.05) is 11.4 Å². The van der Waals surface area contributed by atoms with Gasteiger partial charge < -0.3 is 10.6 Å². The molecule has 0 saturated heterocycles. The lowest BCUT2D eigenvalue weighted by Crippen LogP contribution is -2.23. The van der Waals surface area contributed by atoms with E-state index >= 15 is 0 Å². The SMILES string of the molecule is CCN(Cc1ccccn1)c1ccc([C@@H](C)N)nc1. The summed E-state index contributed by atoms with van der Waals surface area (Å²) in [5.41, 5.74) is 8.88. The van der Waals surface area contributed by atoms with E-state index in [1.807, 2.05) is 43.6 Å². The molecule has 2 aromatic rings. The Kier molecular flexibility index (Phi) is 4.47. The Hall–Kier alpha value is -1.94. The number of aromatic nitrogens is 2. The minimum Gasteiger partial charge on any atom is -0.365 e. The molecule has 0 spiro atoms. The van der Waals surface area contributed by atoms with Gasteiger partial charge in [0.1, 0.15) is 0 Å². The molecule has 1 atom stereocenters. The summed E-state index contributed by atoms with van der Waals surface area (Å²) >= 11 is 0. The van der Waals surface area contributed by atoms with Crippen LogP contribution in [0.3, 0.4) is 0 Å². The lowest BCUT2D eigenvalue weighted by molar-refractivity contribution is 0.771. The van der Waals surface area contributed by atoms with Crippen LogP contribution in [0, 0.1) is 0 Å². The molecule has 0 aliphatic heterocycles. The van der Waals surface area contributed by atoms with Gasteiger partial charge in [-0.25, -0.2) is 0 Å². The van der Waals surface area contributed by atoms with Crippen LogP contribution in [0.15, 0.2) is 42.7 Å². The Morgan fingerprint density at radius 1 is 1.21 bits per heavy atom. The van der Waals surface area contributed by atoms with Gasteiger partial charge in [-0.2, -0.15) is 0 Å². The lowest BCUT2D eigenvalue weighted by atomic mass is 10.2. The number of nitrogens with zero attached hydrogens (tertiary/aromatic N) is 3. The van der Waals surface area contributed by atoms with Gasteiger partial charge in [-0.15, -0.1) is 0 Å². The van der Waals surface area contributed by atoms with Crippen molar-refractivity contribution in [1.29, 1.82) is 0 Å². The monoisotopic (exact) mass is 256 g/mol. The highest BCUT2D eigenvalue weighted by molar-refractivity contribution is 5.45. The molecule has 4 heteroatoms. The average Bonchev–Trinajstić information content (AvgIpc) is 2.46. The van der Waals surface area contributed by atoms with E-state index in [9.17, 15) is 0 Å². The third-order valence-electron chi connectivity index (χ3n) is 3.06. The van der Waals surface area contributed by atoms with Crippen LogP contribution in [-0.2, 0) is 6.54 Å². The number of anilines is 1. The molecular formula is C15H20N4. The first-order chi connectivity index (χ1) is 9.20. The quantitative estimate of drug-likeness (QED) is 0.893. The highest BCUT2D eigenvalue weighted by atomic mass is 15.1. The largest absolute Gasteiger partial charge is 0.365 e. The molecule has 0 amide bonds. The van der Waals surface area contributed by atoms with E-state index < -0.39 is 0 Å². The summed E-state index contributed by atoms with van der Waals surface area (Å²) in [4.78, 5) is 11.0. The van der Waals surface area contributed by atoms with Gasteiger partial charge in [0.15, 0.2) is 0 Å². The summed E-state index contributed by atoms with van der Waals surface area (Å²) in [5, 5.41) is 0. The van der Waals surface area contributed by atoms with Crippen LogP contribution >= 0.6 is 0 Å². The first kappa shape index (κ1) is 13.5. The average molecular weight is 256 g/mol. The lowest BCUT2D eigenvalue weighted by Gasteiger charge is -2.22. The maximum atomic E-state index is 5.81. The van der Waals surface area contributed by atoms with E-state index in [0.29, 0.717) is 0 Å². The van der Waals surface area contributed by atoms with Crippen molar-refractivity contribution < 1.29 is 0 Å². The zero-order chi connectivity index (χ0) is 13.7. The highest BCUT2D eigenvalue weighted by Crippen LogP contribution is 2.17. The van der Waals surface area contributed by atoms with Crippen molar-refractivity contribution in [2.24, 2.45) is 5.73 Å². The van der Waals surface area contributed by atoms with Crippen LogP contribution in [0.1, 0.15) is 31.3 Å². The van der Waals surface area contributed by atoms with Crippen LogP contribution < -0.4 is 10.6 Å². The van der Waals surface area contributed by atoms with Gasteiger partial charge in [-0.1, -0.05) is 6.07 Å². The maximum absolute atomic E-state index is 5.81. The normalized spacial score (nSPS) is 12.2. The zero-order valence-electron chi connectivity index (χ0n) is 11.5. The topological polar surface area (TPSA) is 55.0 Å². The Bertz CT molecular complexity index is 493. The molecular weight excluding hydrogens is 236 g/mol. The second kappa shape index (κ2) is 6.29. The van der Waals surface area contributed by atoms with Crippen LogP contribution in [0.25, 0.3) is 0 Å². The summed E-state index contributed by atoms with van der Waals surface area (Å²) in [6.45, 7) is 5.77. The molecule has 0 aromatic carbocycles. The van der Waals surface area contributed by atoms with Crippen LogP contribution in [-0.4, -0.2) is 16.5 Å². The molecule has 0 fully saturated rings. The summed E-state index contributed by atoms with van der Waals surface area (Å²) in [6.07, 6.45) is 3.70. The molecule has 2 N–H and O–H groups in total. The second-order valence-electron chi connectivity index (χ2n) is 4.57. The van der Waals surface area contributed by atoms with Gasteiger partial charge in [0.2, 0.25) is 0 Å². The maximum Gasteiger partial charge on any atom is 0.0602 e. The molecule has 100 valence electrons. The molecule has 0 saturated carbocycles. The molecule has 0 radical (unpaired) electrons. The van der Waals surface area contributed by atoms with Crippen molar-refractivity contribution >= 4 is 5.69 Å². The number of pyridine rings is 2. The third-order valence-corrected chi connectivity index (χ3v) is 3.06. The molecule has 0 aliphatic rings. The Balaban J connectivity index is 2.13. The van der Waals surface area contributed by atoms with Gasteiger partial charge in [0.25, 0.3) is 0 Å². The third kappa shape index (κ3) is 3.51. The fourth-order valence-corrected chi connectivity index (χ4v) is 1.93. The van der Waals surface area contributed by atoms with E-state index in [1.165, 1.54) is 0 Å². The fraction of sp³-hybridized carbons (Fsp3) is 0.333. The van der Waals surface area contributed by atoms with E-state index in [0.717, 1.165) is 30.2 Å². The number of hydrogen-bond donors (Lipinski definition) is 1. The minimum atomic E-state index is -0.0279. The Morgan fingerprint density at radius 2 is 2.05 bits per heavy atom. The van der Waals surface area contributed by atoms with E-state index in [1.54, 1.807) is 0 Å². The smallest absolute Gasteiger partial charge is 0.0602 e. The predicted molar refractivity (Wildman–Crippen MR) is 77.8 cm³/mol. The van der Waals surface area contributed by atoms with E-state index in [2.05, 4.69) is 27.9 Å². The van der Waals surface area contributed by atoms with E-state index in [4.69, 9.17) is 5.73 Å². The summed E-state index contributed by atoms with van der Waals surface area (Å²) in [7, 11) is 0. The number of nitrogens with two attached hydrogens (primary N) is 1. The summed E-state index contributed by atoms with van der Waals surface area (Å²) in [6, 6.07) is 10.00. The van der Waals surface area contributed by atoms with Crippen molar-refractivity contribution in [3.05, 3.63) is 54.1 Å². The van der Waals surface area contributed by atoms with Gasteiger partial charge in [-0.3, -0.25) is 9.97 Å². The molecule has 2 aromatic heterocycles. The molecule has 2 rings (SSSR count). The van der Waals surface area contributed by atoms with Gasteiger partial charge in [0, 0.05) is 18.8 Å². The number of rotatable bonds is 5. The Labute approximate surface area is 114 Å². The van der Waals surface area contributed by atoms with Crippen molar-refractivity contribution in [3.8, 4) is 0 Å². The fourth-order valence-electron chi connectivity index (χ4n) is 1.93. The molecule has 4 nitrogen and oxygen atoms in total. The molecule has 2 heterocycles. The second-order valence-corrected chi connectivity index (χ2v) is 4.57. The summed E-state index contributed by atoms with van der Waals surface area (Å²) < 4.78 is 0.